The lowest BCUT2D eigenvalue weighted by Gasteiger charge is -2.19. The lowest BCUT2D eigenvalue weighted by molar-refractivity contribution is 0.102. The lowest BCUT2D eigenvalue weighted by atomic mass is 10.1. The molecule has 1 aromatic carbocycles. The van der Waals surface area contributed by atoms with Crippen molar-refractivity contribution in [2.45, 2.75) is 45.6 Å². The van der Waals surface area contributed by atoms with Gasteiger partial charge < -0.3 is 9.88 Å². The first-order valence-electron chi connectivity index (χ1n) is 11.7. The van der Waals surface area contributed by atoms with Crippen LogP contribution in [0.2, 0.25) is 0 Å². The molecule has 3 aromatic heterocycles. The van der Waals surface area contributed by atoms with Gasteiger partial charge in [0, 0.05) is 46.9 Å². The first-order valence-corrected chi connectivity index (χ1v) is 11.7. The minimum absolute atomic E-state index is 0.253. The summed E-state index contributed by atoms with van der Waals surface area (Å²) >= 11 is 0. The van der Waals surface area contributed by atoms with Crippen LogP contribution in [0.4, 0.5) is 5.69 Å². The Balaban J connectivity index is 1.34. The largest absolute Gasteiger partial charge is 0.321 e. The van der Waals surface area contributed by atoms with Crippen LogP contribution in [0.1, 0.15) is 61.8 Å². The molecular formula is C27H28N6O. The minimum Gasteiger partial charge on any atom is -0.321 e. The van der Waals surface area contributed by atoms with E-state index in [4.69, 9.17) is 0 Å². The quantitative estimate of drug-likeness (QED) is 0.386. The number of benzene rings is 1. The monoisotopic (exact) mass is 452 g/mol. The van der Waals surface area contributed by atoms with Gasteiger partial charge in [0.2, 0.25) is 0 Å². The smallest absolute Gasteiger partial charge is 0.274 e. The summed E-state index contributed by atoms with van der Waals surface area (Å²) in [5, 5.41) is 11.4. The summed E-state index contributed by atoms with van der Waals surface area (Å²) in [5.74, 6) is 1.57. The minimum atomic E-state index is -0.265. The number of hydrogen-bond donors (Lipinski definition) is 1. The summed E-state index contributed by atoms with van der Waals surface area (Å²) in [4.78, 5) is 21.9. The molecule has 1 fully saturated rings. The molecule has 0 unspecified atom stereocenters. The average Bonchev–Trinajstić information content (AvgIpc) is 3.60. The highest BCUT2D eigenvalue weighted by Crippen LogP contribution is 2.39. The second kappa shape index (κ2) is 9.17. The summed E-state index contributed by atoms with van der Waals surface area (Å²) in [6.07, 6.45) is 7.74. The van der Waals surface area contributed by atoms with Crippen LogP contribution in [-0.2, 0) is 0 Å². The molecule has 1 atom stereocenters. The van der Waals surface area contributed by atoms with E-state index < -0.39 is 0 Å². The number of carbonyl (C=O) groups is 1. The maximum atomic E-state index is 13.0. The maximum absolute atomic E-state index is 13.0. The first-order chi connectivity index (χ1) is 16.5. The summed E-state index contributed by atoms with van der Waals surface area (Å²) in [6.45, 7) is 6.49. The van der Waals surface area contributed by atoms with Gasteiger partial charge >= 0.3 is 0 Å². The molecule has 1 saturated carbocycles. The number of carbonyl (C=O) groups excluding carboxylic acids is 1. The Morgan fingerprint density at radius 2 is 1.85 bits per heavy atom. The summed E-state index contributed by atoms with van der Waals surface area (Å²) in [6, 6.07) is 15.7. The van der Waals surface area contributed by atoms with Crippen molar-refractivity contribution >= 4 is 11.6 Å². The molecule has 7 nitrogen and oxygen atoms in total. The number of aromatic nitrogens is 5. The van der Waals surface area contributed by atoms with E-state index in [1.165, 1.54) is 12.8 Å². The standard InChI is InChI=1S/C27H28N6O/c1-17(2)18(3)33-16-30-32-26(33)21-5-4-6-23(13-21)31-27(34)25-14-20(11-12-28-25)22-9-10-24(29-15-22)19-7-8-19/h4-6,9-19H,7-8H2,1-3H3,(H,31,34)/t18-/m0/s1. The molecule has 0 bridgehead atoms. The summed E-state index contributed by atoms with van der Waals surface area (Å²) in [7, 11) is 0. The molecule has 1 N–H and O–H groups in total. The van der Waals surface area contributed by atoms with Crippen molar-refractivity contribution in [2.75, 3.05) is 5.32 Å². The van der Waals surface area contributed by atoms with Gasteiger partial charge in [-0.2, -0.15) is 0 Å². The van der Waals surface area contributed by atoms with Crippen molar-refractivity contribution in [3.05, 3.63) is 78.6 Å². The molecule has 34 heavy (non-hydrogen) atoms. The molecule has 4 aromatic rings. The van der Waals surface area contributed by atoms with Crippen LogP contribution < -0.4 is 5.32 Å². The second-order valence-electron chi connectivity index (χ2n) is 9.26. The Labute approximate surface area is 199 Å². The maximum Gasteiger partial charge on any atom is 0.274 e. The molecule has 0 aliphatic heterocycles. The molecular weight excluding hydrogens is 424 g/mol. The van der Waals surface area contributed by atoms with Crippen LogP contribution in [0, 0.1) is 5.92 Å². The molecule has 1 aliphatic rings. The third kappa shape index (κ3) is 4.59. The zero-order chi connectivity index (χ0) is 23.7. The number of amides is 1. The summed E-state index contributed by atoms with van der Waals surface area (Å²) in [5.41, 5.74) is 4.96. The molecule has 172 valence electrons. The predicted molar refractivity (Wildman–Crippen MR) is 132 cm³/mol. The van der Waals surface area contributed by atoms with Gasteiger partial charge in [0.1, 0.15) is 12.0 Å². The van der Waals surface area contributed by atoms with Crippen LogP contribution in [0.25, 0.3) is 22.5 Å². The van der Waals surface area contributed by atoms with Gasteiger partial charge in [-0.1, -0.05) is 32.0 Å². The van der Waals surface area contributed by atoms with Crippen molar-refractivity contribution in [1.29, 1.82) is 0 Å². The highest BCUT2D eigenvalue weighted by Gasteiger charge is 2.24. The molecule has 3 heterocycles. The molecule has 0 saturated heterocycles. The van der Waals surface area contributed by atoms with Crippen molar-refractivity contribution in [1.82, 2.24) is 24.7 Å². The topological polar surface area (TPSA) is 85.6 Å². The fourth-order valence-electron chi connectivity index (χ4n) is 3.93. The Morgan fingerprint density at radius 3 is 2.59 bits per heavy atom. The van der Waals surface area contributed by atoms with E-state index in [-0.39, 0.29) is 11.9 Å². The zero-order valence-electron chi connectivity index (χ0n) is 19.6. The fraction of sp³-hybridized carbons (Fsp3) is 0.296. The number of nitrogens with one attached hydrogen (secondary N) is 1. The Morgan fingerprint density at radius 1 is 1.00 bits per heavy atom. The van der Waals surface area contributed by atoms with E-state index in [2.05, 4.69) is 63.0 Å². The summed E-state index contributed by atoms with van der Waals surface area (Å²) < 4.78 is 2.07. The predicted octanol–water partition coefficient (Wildman–Crippen LogP) is 5.75. The van der Waals surface area contributed by atoms with Crippen LogP contribution in [-0.4, -0.2) is 30.6 Å². The molecule has 1 amide bonds. The normalized spacial score (nSPS) is 14.2. The molecule has 1 aliphatic carbocycles. The number of rotatable bonds is 7. The van der Waals surface area contributed by atoms with Gasteiger partial charge in [-0.3, -0.25) is 14.8 Å². The van der Waals surface area contributed by atoms with Crippen molar-refractivity contribution in [3.63, 3.8) is 0 Å². The van der Waals surface area contributed by atoms with E-state index in [0.717, 1.165) is 28.2 Å². The molecule has 0 spiro atoms. The fourth-order valence-corrected chi connectivity index (χ4v) is 3.93. The van der Waals surface area contributed by atoms with Gasteiger partial charge in [-0.05, 0) is 61.6 Å². The third-order valence-corrected chi connectivity index (χ3v) is 6.46. The Hall–Kier alpha value is -3.87. The third-order valence-electron chi connectivity index (χ3n) is 6.46. The van der Waals surface area contributed by atoms with Crippen molar-refractivity contribution in [3.8, 4) is 22.5 Å². The van der Waals surface area contributed by atoms with E-state index >= 15 is 0 Å². The highest BCUT2D eigenvalue weighted by molar-refractivity contribution is 6.03. The van der Waals surface area contributed by atoms with E-state index in [9.17, 15) is 4.79 Å². The second-order valence-corrected chi connectivity index (χ2v) is 9.26. The van der Waals surface area contributed by atoms with Crippen LogP contribution in [0.3, 0.4) is 0 Å². The van der Waals surface area contributed by atoms with Crippen molar-refractivity contribution in [2.24, 2.45) is 5.92 Å². The Bertz CT molecular complexity index is 1310. The van der Waals surface area contributed by atoms with Crippen molar-refractivity contribution < 1.29 is 4.79 Å². The Kier molecular flexibility index (Phi) is 5.92. The van der Waals surface area contributed by atoms with E-state index in [0.29, 0.717) is 23.2 Å². The first kappa shape index (κ1) is 21.9. The van der Waals surface area contributed by atoms with Gasteiger partial charge in [0.15, 0.2) is 5.82 Å². The SMILES string of the molecule is CC(C)[C@H](C)n1cnnc1-c1cccc(NC(=O)c2cc(-c3ccc(C4CC4)nc3)ccn2)c1. The van der Waals surface area contributed by atoms with E-state index in [1.807, 2.05) is 36.5 Å². The van der Waals surface area contributed by atoms with Crippen LogP contribution in [0.5, 0.6) is 0 Å². The van der Waals surface area contributed by atoms with Gasteiger partial charge in [0.05, 0.1) is 0 Å². The van der Waals surface area contributed by atoms with Gasteiger partial charge in [-0.25, -0.2) is 0 Å². The van der Waals surface area contributed by atoms with Gasteiger partial charge in [-0.15, -0.1) is 10.2 Å². The highest BCUT2D eigenvalue weighted by atomic mass is 16.1. The number of nitrogens with zero attached hydrogens (tertiary/aromatic N) is 5. The number of anilines is 1. The number of hydrogen-bond acceptors (Lipinski definition) is 5. The zero-order valence-corrected chi connectivity index (χ0v) is 19.6. The molecule has 5 rings (SSSR count). The lowest BCUT2D eigenvalue weighted by Crippen LogP contribution is -2.14. The van der Waals surface area contributed by atoms with E-state index in [1.54, 1.807) is 18.6 Å². The molecule has 7 heteroatoms. The number of pyridine rings is 2. The van der Waals surface area contributed by atoms with Gasteiger partial charge in [0.25, 0.3) is 5.91 Å². The van der Waals surface area contributed by atoms with Crippen LogP contribution in [0.15, 0.2) is 67.3 Å². The average molecular weight is 453 g/mol. The molecule has 0 radical (unpaired) electrons. The van der Waals surface area contributed by atoms with Crippen LogP contribution >= 0.6 is 0 Å².